The Labute approximate surface area is 125 Å². The van der Waals surface area contributed by atoms with Gasteiger partial charge in [-0.25, -0.2) is 4.39 Å². The van der Waals surface area contributed by atoms with Crippen molar-refractivity contribution < 1.29 is 13.9 Å². The molecular formula is C16H14BrFO2. The molecule has 2 nitrogen and oxygen atoms in total. The Kier molecular flexibility index (Phi) is 4.55. The van der Waals surface area contributed by atoms with E-state index in [0.717, 1.165) is 11.1 Å². The first-order valence-electron chi connectivity index (χ1n) is 6.15. The lowest BCUT2D eigenvalue weighted by molar-refractivity contribution is 0.0918. The van der Waals surface area contributed by atoms with E-state index in [4.69, 9.17) is 4.74 Å². The Morgan fingerprint density at radius 3 is 2.55 bits per heavy atom. The van der Waals surface area contributed by atoms with Gasteiger partial charge in [0.2, 0.25) is 0 Å². The predicted molar refractivity (Wildman–Crippen MR) is 79.8 cm³/mol. The fourth-order valence-electron chi connectivity index (χ4n) is 1.73. The molecule has 0 atom stereocenters. The third kappa shape index (κ3) is 3.45. The Balaban J connectivity index is 2.06. The van der Waals surface area contributed by atoms with Crippen molar-refractivity contribution in [3.8, 4) is 5.75 Å². The van der Waals surface area contributed by atoms with E-state index in [1.807, 2.05) is 26.0 Å². The van der Waals surface area contributed by atoms with Crippen LogP contribution < -0.4 is 4.74 Å². The number of carbonyl (C=O) groups is 1. The summed E-state index contributed by atoms with van der Waals surface area (Å²) in [6, 6.07) is 9.93. The minimum Gasteiger partial charge on any atom is -0.482 e. The van der Waals surface area contributed by atoms with E-state index in [1.165, 1.54) is 12.1 Å². The van der Waals surface area contributed by atoms with Crippen molar-refractivity contribution in [2.75, 3.05) is 6.61 Å². The zero-order valence-corrected chi connectivity index (χ0v) is 12.8. The van der Waals surface area contributed by atoms with Crippen LogP contribution in [0.5, 0.6) is 5.75 Å². The zero-order chi connectivity index (χ0) is 14.7. The van der Waals surface area contributed by atoms with Crippen molar-refractivity contribution in [1.82, 2.24) is 0 Å². The highest BCUT2D eigenvalue weighted by Crippen LogP contribution is 2.21. The molecular weight excluding hydrogens is 323 g/mol. The van der Waals surface area contributed by atoms with Gasteiger partial charge in [-0.05, 0) is 49.2 Å². The lowest BCUT2D eigenvalue weighted by Gasteiger charge is -2.08. The zero-order valence-electron chi connectivity index (χ0n) is 11.2. The molecule has 0 saturated heterocycles. The van der Waals surface area contributed by atoms with E-state index in [9.17, 15) is 9.18 Å². The Bertz CT molecular complexity index is 653. The van der Waals surface area contributed by atoms with Gasteiger partial charge in [0, 0.05) is 10.0 Å². The predicted octanol–water partition coefficient (Wildman–Crippen LogP) is 4.47. The average Bonchev–Trinajstić information content (AvgIpc) is 2.40. The quantitative estimate of drug-likeness (QED) is 0.770. The summed E-state index contributed by atoms with van der Waals surface area (Å²) in [6.45, 7) is 3.75. The molecule has 2 aromatic carbocycles. The van der Waals surface area contributed by atoms with Crippen molar-refractivity contribution in [3.63, 3.8) is 0 Å². The molecule has 0 aliphatic heterocycles. The number of hydrogen-bond acceptors (Lipinski definition) is 2. The van der Waals surface area contributed by atoms with E-state index >= 15 is 0 Å². The SMILES string of the molecule is Cc1ccc(C(=O)COc2ccc(Br)cc2F)cc1C. The van der Waals surface area contributed by atoms with E-state index in [-0.39, 0.29) is 18.1 Å². The van der Waals surface area contributed by atoms with Crippen molar-refractivity contribution in [3.05, 3.63) is 63.4 Å². The largest absolute Gasteiger partial charge is 0.482 e. The Morgan fingerprint density at radius 2 is 1.90 bits per heavy atom. The summed E-state index contributed by atoms with van der Waals surface area (Å²) in [5, 5.41) is 0. The van der Waals surface area contributed by atoms with Crippen LogP contribution in [0.2, 0.25) is 0 Å². The van der Waals surface area contributed by atoms with Gasteiger partial charge in [-0.15, -0.1) is 0 Å². The number of carbonyl (C=O) groups excluding carboxylic acids is 1. The van der Waals surface area contributed by atoms with Gasteiger partial charge < -0.3 is 4.74 Å². The van der Waals surface area contributed by atoms with Gasteiger partial charge in [-0.1, -0.05) is 28.1 Å². The second-order valence-corrected chi connectivity index (χ2v) is 5.50. The molecule has 0 bridgehead atoms. The standard InChI is InChI=1S/C16H14BrFO2/c1-10-3-4-12(7-11(10)2)15(19)9-20-16-6-5-13(17)8-14(16)18/h3-8H,9H2,1-2H3. The molecule has 0 amide bonds. The Hall–Kier alpha value is -1.68. The molecule has 104 valence electrons. The van der Waals surface area contributed by atoms with Crippen LogP contribution in [0.15, 0.2) is 40.9 Å². The number of hydrogen-bond donors (Lipinski definition) is 0. The van der Waals surface area contributed by atoms with Crippen LogP contribution in [0.3, 0.4) is 0 Å². The number of rotatable bonds is 4. The number of benzene rings is 2. The summed E-state index contributed by atoms with van der Waals surface area (Å²) in [4.78, 5) is 12.0. The number of ketones is 1. The fourth-order valence-corrected chi connectivity index (χ4v) is 2.07. The van der Waals surface area contributed by atoms with Crippen molar-refractivity contribution in [1.29, 1.82) is 0 Å². The van der Waals surface area contributed by atoms with Crippen LogP contribution in [0, 0.1) is 19.7 Å². The topological polar surface area (TPSA) is 26.3 Å². The maximum atomic E-state index is 13.6. The lowest BCUT2D eigenvalue weighted by atomic mass is 10.0. The van der Waals surface area contributed by atoms with E-state index in [0.29, 0.717) is 10.0 Å². The highest BCUT2D eigenvalue weighted by atomic mass is 79.9. The van der Waals surface area contributed by atoms with Gasteiger partial charge >= 0.3 is 0 Å². The number of ether oxygens (including phenoxy) is 1. The van der Waals surface area contributed by atoms with Crippen LogP contribution in [-0.4, -0.2) is 12.4 Å². The normalized spacial score (nSPS) is 10.4. The summed E-state index contributed by atoms with van der Waals surface area (Å²) in [5.74, 6) is -0.590. The molecule has 0 saturated carbocycles. The number of aryl methyl sites for hydroxylation is 2. The molecule has 0 unspecified atom stereocenters. The summed E-state index contributed by atoms with van der Waals surface area (Å²) < 4.78 is 19.4. The van der Waals surface area contributed by atoms with Gasteiger partial charge in [0.15, 0.2) is 24.0 Å². The number of halogens is 2. The second-order valence-electron chi connectivity index (χ2n) is 4.59. The molecule has 20 heavy (non-hydrogen) atoms. The molecule has 4 heteroatoms. The molecule has 0 fully saturated rings. The first-order valence-corrected chi connectivity index (χ1v) is 6.95. The highest BCUT2D eigenvalue weighted by Gasteiger charge is 2.10. The number of Topliss-reactive ketones (excluding diaryl/α,β-unsaturated/α-hetero) is 1. The van der Waals surface area contributed by atoms with Crippen LogP contribution in [-0.2, 0) is 0 Å². The molecule has 0 aliphatic carbocycles. The summed E-state index contributed by atoms with van der Waals surface area (Å²) in [7, 11) is 0. The molecule has 0 N–H and O–H groups in total. The van der Waals surface area contributed by atoms with Crippen molar-refractivity contribution in [2.24, 2.45) is 0 Å². The first kappa shape index (κ1) is 14.7. The van der Waals surface area contributed by atoms with Gasteiger partial charge in [-0.3, -0.25) is 4.79 Å². The molecule has 2 rings (SSSR count). The van der Waals surface area contributed by atoms with Gasteiger partial charge in [0.05, 0.1) is 0 Å². The molecule has 0 aromatic heterocycles. The van der Waals surface area contributed by atoms with Crippen LogP contribution in [0.25, 0.3) is 0 Å². The van der Waals surface area contributed by atoms with E-state index in [1.54, 1.807) is 12.1 Å². The first-order chi connectivity index (χ1) is 9.47. The smallest absolute Gasteiger partial charge is 0.200 e. The molecule has 0 spiro atoms. The van der Waals surface area contributed by atoms with Crippen molar-refractivity contribution >= 4 is 21.7 Å². The summed E-state index contributed by atoms with van der Waals surface area (Å²) in [5.41, 5.74) is 2.75. The Morgan fingerprint density at radius 1 is 1.15 bits per heavy atom. The molecule has 0 radical (unpaired) electrons. The maximum absolute atomic E-state index is 13.6. The van der Waals surface area contributed by atoms with Crippen LogP contribution in [0.1, 0.15) is 21.5 Å². The highest BCUT2D eigenvalue weighted by molar-refractivity contribution is 9.10. The minimum atomic E-state index is -0.493. The summed E-state index contributed by atoms with van der Waals surface area (Å²) >= 11 is 3.17. The third-order valence-corrected chi connectivity index (χ3v) is 3.57. The van der Waals surface area contributed by atoms with Crippen LogP contribution >= 0.6 is 15.9 Å². The van der Waals surface area contributed by atoms with Gasteiger partial charge in [-0.2, -0.15) is 0 Å². The molecule has 0 aliphatic rings. The maximum Gasteiger partial charge on any atom is 0.200 e. The lowest BCUT2D eigenvalue weighted by Crippen LogP contribution is -2.12. The van der Waals surface area contributed by atoms with Gasteiger partial charge in [0.25, 0.3) is 0 Å². The summed E-state index contributed by atoms with van der Waals surface area (Å²) in [6.07, 6.45) is 0. The van der Waals surface area contributed by atoms with E-state index in [2.05, 4.69) is 15.9 Å². The van der Waals surface area contributed by atoms with Crippen LogP contribution in [0.4, 0.5) is 4.39 Å². The minimum absolute atomic E-state index is 0.0744. The second kappa shape index (κ2) is 6.18. The third-order valence-electron chi connectivity index (χ3n) is 3.08. The average molecular weight is 337 g/mol. The van der Waals surface area contributed by atoms with Gasteiger partial charge in [0.1, 0.15) is 0 Å². The monoisotopic (exact) mass is 336 g/mol. The van der Waals surface area contributed by atoms with Crippen molar-refractivity contribution in [2.45, 2.75) is 13.8 Å². The molecule has 2 aromatic rings. The molecule has 0 heterocycles. The fraction of sp³-hybridized carbons (Fsp3) is 0.188. The van der Waals surface area contributed by atoms with E-state index < -0.39 is 5.82 Å².